The Labute approximate surface area is 192 Å². The number of benzene rings is 3. The third-order valence-corrected chi connectivity index (χ3v) is 5.74. The van der Waals surface area contributed by atoms with E-state index in [9.17, 15) is 15.3 Å². The summed E-state index contributed by atoms with van der Waals surface area (Å²) in [7, 11) is 0. The molecule has 0 bridgehead atoms. The van der Waals surface area contributed by atoms with E-state index in [1.807, 2.05) is 18.2 Å². The summed E-state index contributed by atoms with van der Waals surface area (Å²) >= 11 is 0. The molecule has 0 aliphatic rings. The van der Waals surface area contributed by atoms with Gasteiger partial charge >= 0.3 is 0 Å². The molecule has 10 nitrogen and oxygen atoms in total. The molecule has 6 aromatic rings. The smallest absolute Gasteiger partial charge is 0.143 e. The van der Waals surface area contributed by atoms with Crippen LogP contribution in [0.2, 0.25) is 0 Å². The zero-order chi connectivity index (χ0) is 23.2. The van der Waals surface area contributed by atoms with E-state index in [1.165, 1.54) is 0 Å². The highest BCUT2D eigenvalue weighted by Crippen LogP contribution is 2.26. The van der Waals surface area contributed by atoms with Gasteiger partial charge in [0.1, 0.15) is 51.3 Å². The van der Waals surface area contributed by atoms with E-state index in [-0.39, 0.29) is 17.2 Å². The van der Waals surface area contributed by atoms with E-state index in [0.29, 0.717) is 53.7 Å². The number of nitrogens with zero attached hydrogens (tertiary/aromatic N) is 4. The van der Waals surface area contributed by atoms with Crippen LogP contribution >= 0.6 is 0 Å². The molecule has 0 saturated carbocycles. The van der Waals surface area contributed by atoms with Gasteiger partial charge in [0, 0.05) is 0 Å². The minimum atomic E-state index is 0.118. The largest absolute Gasteiger partial charge is 0.506 e. The lowest BCUT2D eigenvalue weighted by molar-refractivity contribution is 0.232. The van der Waals surface area contributed by atoms with Crippen LogP contribution in [0.25, 0.3) is 33.1 Å². The highest BCUT2D eigenvalue weighted by molar-refractivity contribution is 5.82. The second-order valence-corrected chi connectivity index (χ2v) is 8.22. The van der Waals surface area contributed by atoms with Crippen LogP contribution in [0.5, 0.6) is 17.2 Å². The predicted molar refractivity (Wildman–Crippen MR) is 126 cm³/mol. The topological polar surface area (TPSA) is 150 Å². The minimum Gasteiger partial charge on any atom is -0.506 e. The van der Waals surface area contributed by atoms with Gasteiger partial charge in [0.05, 0.1) is 36.2 Å². The van der Waals surface area contributed by atoms with Crippen molar-refractivity contribution >= 4 is 33.1 Å². The molecule has 0 amide bonds. The fourth-order valence-corrected chi connectivity index (χ4v) is 4.23. The van der Waals surface area contributed by atoms with Crippen molar-refractivity contribution in [2.24, 2.45) is 0 Å². The first-order valence-electron chi connectivity index (χ1n) is 10.8. The Kier molecular flexibility index (Phi) is 4.59. The van der Waals surface area contributed by atoms with Crippen molar-refractivity contribution in [3.8, 4) is 17.2 Å². The third-order valence-electron chi connectivity index (χ3n) is 5.74. The van der Waals surface area contributed by atoms with E-state index >= 15 is 0 Å². The molecule has 170 valence electrons. The Balaban J connectivity index is 1.35. The Morgan fingerprint density at radius 1 is 0.529 bits per heavy atom. The van der Waals surface area contributed by atoms with Crippen molar-refractivity contribution < 1.29 is 15.3 Å². The molecule has 3 aromatic carbocycles. The molecule has 0 radical (unpaired) electrons. The number of aromatic nitrogens is 6. The number of phenolic OH excluding ortho intramolecular Hbond substituents is 3. The SMILES string of the molecule is Oc1cccc2[nH]c(CN(Cc3nc4c(O)cccc4[nH]3)Cc3nc4c(O)cccc4[nH]3)nc12. The van der Waals surface area contributed by atoms with E-state index in [0.717, 1.165) is 16.6 Å². The van der Waals surface area contributed by atoms with E-state index < -0.39 is 0 Å². The molecule has 10 heteroatoms. The molecule has 6 N–H and O–H groups in total. The number of imidazole rings is 3. The van der Waals surface area contributed by atoms with Crippen molar-refractivity contribution in [3.63, 3.8) is 0 Å². The minimum absolute atomic E-state index is 0.118. The summed E-state index contributed by atoms with van der Waals surface area (Å²) in [4.78, 5) is 25.5. The summed E-state index contributed by atoms with van der Waals surface area (Å²) in [5.74, 6) is 2.38. The van der Waals surface area contributed by atoms with Gasteiger partial charge in [-0.05, 0) is 36.4 Å². The molecule has 6 rings (SSSR count). The quantitative estimate of drug-likeness (QED) is 0.224. The first kappa shape index (κ1) is 20.1. The lowest BCUT2D eigenvalue weighted by Gasteiger charge is -2.18. The average Bonchev–Trinajstić information content (AvgIpc) is 3.51. The Hall–Kier alpha value is -4.57. The van der Waals surface area contributed by atoms with Gasteiger partial charge in [0.2, 0.25) is 0 Å². The first-order valence-corrected chi connectivity index (χ1v) is 10.8. The molecule has 34 heavy (non-hydrogen) atoms. The maximum absolute atomic E-state index is 10.1. The van der Waals surface area contributed by atoms with Gasteiger partial charge in [-0.25, -0.2) is 15.0 Å². The number of aromatic amines is 3. The van der Waals surface area contributed by atoms with Crippen molar-refractivity contribution in [3.05, 3.63) is 72.1 Å². The van der Waals surface area contributed by atoms with Crippen molar-refractivity contribution in [1.82, 2.24) is 34.8 Å². The van der Waals surface area contributed by atoms with Crippen LogP contribution in [-0.2, 0) is 19.6 Å². The van der Waals surface area contributed by atoms with Crippen LogP contribution < -0.4 is 0 Å². The molecule has 3 aromatic heterocycles. The van der Waals surface area contributed by atoms with Crippen LogP contribution in [0, 0.1) is 0 Å². The highest BCUT2D eigenvalue weighted by Gasteiger charge is 2.17. The van der Waals surface area contributed by atoms with Crippen LogP contribution in [0.15, 0.2) is 54.6 Å². The summed E-state index contributed by atoms with van der Waals surface area (Å²) in [6, 6.07) is 15.7. The molecule has 0 unspecified atom stereocenters. The summed E-state index contributed by atoms with van der Waals surface area (Å²) in [6.45, 7) is 1.25. The molecule has 0 fully saturated rings. The lowest BCUT2D eigenvalue weighted by atomic mass is 10.3. The Morgan fingerprint density at radius 3 is 1.15 bits per heavy atom. The summed E-state index contributed by atoms with van der Waals surface area (Å²) in [5.41, 5.74) is 3.78. The molecular formula is C24H21N7O3. The van der Waals surface area contributed by atoms with Crippen molar-refractivity contribution in [2.75, 3.05) is 0 Å². The number of phenols is 3. The number of fused-ring (bicyclic) bond motifs is 3. The fraction of sp³-hybridized carbons (Fsp3) is 0.125. The summed E-state index contributed by atoms with van der Waals surface area (Å²) < 4.78 is 0. The Morgan fingerprint density at radius 2 is 0.853 bits per heavy atom. The number of aromatic hydroxyl groups is 3. The molecule has 3 heterocycles. The van der Waals surface area contributed by atoms with Gasteiger partial charge in [0.25, 0.3) is 0 Å². The zero-order valence-electron chi connectivity index (χ0n) is 17.9. The number of H-pyrrole nitrogens is 3. The average molecular weight is 455 g/mol. The van der Waals surface area contributed by atoms with E-state index in [1.54, 1.807) is 36.4 Å². The molecule has 0 atom stereocenters. The van der Waals surface area contributed by atoms with Gasteiger partial charge in [-0.15, -0.1) is 0 Å². The molecule has 0 aliphatic carbocycles. The molecular weight excluding hydrogens is 434 g/mol. The second-order valence-electron chi connectivity index (χ2n) is 8.22. The van der Waals surface area contributed by atoms with Crippen LogP contribution in [0.1, 0.15) is 17.5 Å². The molecule has 0 spiro atoms. The van der Waals surface area contributed by atoms with Crippen molar-refractivity contribution in [2.45, 2.75) is 19.6 Å². The molecule has 0 aliphatic heterocycles. The van der Waals surface area contributed by atoms with Gasteiger partial charge in [-0.2, -0.15) is 0 Å². The van der Waals surface area contributed by atoms with Gasteiger partial charge < -0.3 is 30.3 Å². The fourth-order valence-electron chi connectivity index (χ4n) is 4.23. The molecule has 0 saturated heterocycles. The number of para-hydroxylation sites is 3. The monoisotopic (exact) mass is 455 g/mol. The van der Waals surface area contributed by atoms with Crippen molar-refractivity contribution in [1.29, 1.82) is 0 Å². The summed E-state index contributed by atoms with van der Waals surface area (Å²) in [5, 5.41) is 30.4. The normalized spacial score (nSPS) is 11.9. The number of rotatable bonds is 6. The van der Waals surface area contributed by atoms with Gasteiger partial charge in [0.15, 0.2) is 0 Å². The highest BCUT2D eigenvalue weighted by atomic mass is 16.3. The van der Waals surface area contributed by atoms with Crippen LogP contribution in [-0.4, -0.2) is 50.1 Å². The number of hydrogen-bond acceptors (Lipinski definition) is 7. The van der Waals surface area contributed by atoms with Gasteiger partial charge in [-0.3, -0.25) is 4.90 Å². The lowest BCUT2D eigenvalue weighted by Crippen LogP contribution is -2.24. The maximum atomic E-state index is 10.1. The Bertz CT molecular complexity index is 1450. The van der Waals surface area contributed by atoms with E-state index in [2.05, 4.69) is 34.8 Å². The summed E-state index contributed by atoms with van der Waals surface area (Å²) in [6.07, 6.45) is 0. The van der Waals surface area contributed by atoms with Gasteiger partial charge in [-0.1, -0.05) is 18.2 Å². The standard InChI is InChI=1S/C24H21N7O3/c32-16-7-1-4-13-22(16)28-19(25-13)10-31(11-20-26-14-5-2-8-17(33)23(14)29-20)12-21-27-15-6-3-9-18(34)24(15)30-21/h1-9,32-34H,10-12H2,(H,25,28)(H,26,29)(H,27,30). The van der Waals surface area contributed by atoms with Crippen LogP contribution in [0.3, 0.4) is 0 Å². The van der Waals surface area contributed by atoms with Crippen LogP contribution in [0.4, 0.5) is 0 Å². The maximum Gasteiger partial charge on any atom is 0.143 e. The van der Waals surface area contributed by atoms with E-state index in [4.69, 9.17) is 0 Å². The zero-order valence-corrected chi connectivity index (χ0v) is 17.9. The number of nitrogens with one attached hydrogen (secondary N) is 3. The predicted octanol–water partition coefficient (Wildman–Crippen LogP) is 3.63. The third kappa shape index (κ3) is 3.55. The first-order chi connectivity index (χ1) is 16.5. The number of hydrogen-bond donors (Lipinski definition) is 6. The second kappa shape index (κ2) is 7.78.